The third-order valence-electron chi connectivity index (χ3n) is 16.1. The Hall–Kier alpha value is -7.83. The Kier molecular flexibility index (Phi) is 7.86. The lowest BCUT2D eigenvalue weighted by Crippen LogP contribution is -2.48. The highest BCUT2D eigenvalue weighted by atomic mass is 15.3. The van der Waals surface area contributed by atoms with E-state index in [1.54, 1.807) is 0 Å². The Labute approximate surface area is 387 Å². The van der Waals surface area contributed by atoms with E-state index in [1.807, 2.05) is 0 Å². The number of aromatic nitrogens is 6. The zero-order valence-corrected chi connectivity index (χ0v) is 37.1. The molecule has 0 spiro atoms. The monoisotopic (exact) mass is 862 g/mol. The van der Waals surface area contributed by atoms with Gasteiger partial charge in [-0.15, -0.1) is 0 Å². The van der Waals surface area contributed by atoms with Gasteiger partial charge in [0.1, 0.15) is 0 Å². The van der Waals surface area contributed by atoms with Crippen molar-refractivity contribution in [3.8, 4) is 40.1 Å². The zero-order chi connectivity index (χ0) is 43.8. The molecule has 0 amide bonds. The molecule has 0 atom stereocenters. The van der Waals surface area contributed by atoms with Crippen LogP contribution in [0.4, 0.5) is 0 Å². The topological polar surface area (TPSA) is 53.5 Å². The van der Waals surface area contributed by atoms with Crippen molar-refractivity contribution in [3.05, 3.63) is 194 Å². The summed E-state index contributed by atoms with van der Waals surface area (Å²) in [6, 6.07) is 68.6. The minimum Gasteiger partial charge on any atom is -0.309 e. The maximum Gasteiger partial charge on any atom is 0.240 e. The summed E-state index contributed by atoms with van der Waals surface area (Å²) in [5.41, 5.74) is 12.7. The van der Waals surface area contributed by atoms with Crippen LogP contribution in [-0.2, 0) is 5.41 Å². The van der Waals surface area contributed by atoms with Crippen molar-refractivity contribution < 1.29 is 0 Å². The number of fused-ring (bicyclic) bond motifs is 9. The first-order valence-electron chi connectivity index (χ1n) is 24.1. The molecule has 67 heavy (non-hydrogen) atoms. The van der Waals surface area contributed by atoms with Crippen LogP contribution in [0, 0.1) is 17.8 Å². The van der Waals surface area contributed by atoms with Crippen molar-refractivity contribution in [3.63, 3.8) is 0 Å². The predicted octanol–water partition coefficient (Wildman–Crippen LogP) is 15.0. The Morgan fingerprint density at radius 2 is 0.716 bits per heavy atom. The fraction of sp³-hybridized carbons (Fsp3) is 0.164. The summed E-state index contributed by atoms with van der Waals surface area (Å²) in [6.07, 6.45) is 8.07. The SMILES string of the molecule is c1ccc(-n2c3ccccc3c3ccccc32)c(-c2cc(C34CC5CC(CC(C5)C3)C4)ccc2-c2nc(-n3c4ccccc4c4ccccc43)nc(-n3c4ccccc4c4ccccc43)n2)c1. The van der Waals surface area contributed by atoms with Crippen LogP contribution in [0.1, 0.15) is 44.1 Å². The molecule has 0 saturated heterocycles. The molecular weight excluding hydrogens is 817 g/mol. The second-order valence-electron chi connectivity index (χ2n) is 19.8. The molecule has 8 aromatic carbocycles. The molecule has 16 rings (SSSR count). The first kappa shape index (κ1) is 37.4. The van der Waals surface area contributed by atoms with Gasteiger partial charge in [-0.3, -0.25) is 9.13 Å². The van der Waals surface area contributed by atoms with E-state index in [9.17, 15) is 0 Å². The second kappa shape index (κ2) is 14.1. The standard InChI is InChI=1S/C61H46N6/c1-8-22-51-42(15-1)43-16-2-9-23-52(43)65(51)53-24-10-7-21-48(53)50-34-41(61-35-38-31-39(36-61)33-40(32-38)37-61)29-30-49(50)58-62-59(66-54-25-11-3-17-44(54)45-18-4-12-26-55(45)66)64-60(63-58)67-56-27-13-5-19-46(56)47-20-6-14-28-57(47)67/h1-30,34,38-40H,31-33,35-37H2. The van der Waals surface area contributed by atoms with Crippen molar-refractivity contribution in [2.45, 2.75) is 43.9 Å². The number of hydrogen-bond donors (Lipinski definition) is 0. The van der Waals surface area contributed by atoms with E-state index in [0.29, 0.717) is 17.7 Å². The van der Waals surface area contributed by atoms with Gasteiger partial charge in [-0.25, -0.2) is 0 Å². The lowest BCUT2D eigenvalue weighted by Gasteiger charge is -2.57. The van der Waals surface area contributed by atoms with Crippen LogP contribution in [0.5, 0.6) is 0 Å². The van der Waals surface area contributed by atoms with E-state index in [-0.39, 0.29) is 5.41 Å². The first-order chi connectivity index (χ1) is 33.2. The molecule has 12 aromatic rings. The number of para-hydroxylation sites is 7. The molecule has 4 heterocycles. The van der Waals surface area contributed by atoms with E-state index in [0.717, 1.165) is 62.2 Å². The fourth-order valence-electron chi connectivity index (χ4n) is 13.8. The smallest absolute Gasteiger partial charge is 0.240 e. The van der Waals surface area contributed by atoms with Crippen molar-refractivity contribution in [1.29, 1.82) is 0 Å². The van der Waals surface area contributed by atoms with E-state index in [1.165, 1.54) is 87.4 Å². The molecule has 320 valence electrons. The summed E-state index contributed by atoms with van der Waals surface area (Å²) >= 11 is 0. The van der Waals surface area contributed by atoms with Gasteiger partial charge in [0.2, 0.25) is 11.9 Å². The van der Waals surface area contributed by atoms with E-state index >= 15 is 0 Å². The van der Waals surface area contributed by atoms with E-state index < -0.39 is 0 Å². The summed E-state index contributed by atoms with van der Waals surface area (Å²) in [7, 11) is 0. The number of hydrogen-bond acceptors (Lipinski definition) is 3. The molecule has 4 aliphatic rings. The van der Waals surface area contributed by atoms with Crippen molar-refractivity contribution in [2.75, 3.05) is 0 Å². The Morgan fingerprint density at radius 3 is 1.15 bits per heavy atom. The Morgan fingerprint density at radius 1 is 0.343 bits per heavy atom. The molecule has 4 aliphatic carbocycles. The van der Waals surface area contributed by atoms with Crippen LogP contribution in [0.2, 0.25) is 0 Å². The summed E-state index contributed by atoms with van der Waals surface area (Å²) < 4.78 is 6.95. The Balaban J connectivity index is 1.04. The average molecular weight is 863 g/mol. The maximum absolute atomic E-state index is 5.64. The molecule has 6 nitrogen and oxygen atoms in total. The molecule has 0 radical (unpaired) electrons. The Bertz CT molecular complexity index is 3670. The number of nitrogens with zero attached hydrogens (tertiary/aromatic N) is 6. The molecule has 0 unspecified atom stereocenters. The highest BCUT2D eigenvalue weighted by Gasteiger charge is 2.51. The number of rotatable bonds is 6. The van der Waals surface area contributed by atoms with Gasteiger partial charge in [-0.2, -0.15) is 15.0 Å². The maximum atomic E-state index is 5.64. The van der Waals surface area contributed by atoms with E-state index in [4.69, 9.17) is 15.0 Å². The van der Waals surface area contributed by atoms with Gasteiger partial charge in [0.05, 0.1) is 38.8 Å². The normalized spacial score (nSPS) is 20.1. The molecular formula is C61H46N6. The minimum atomic E-state index is 0.186. The summed E-state index contributed by atoms with van der Waals surface area (Å²) in [4.78, 5) is 16.8. The molecule has 6 heteroatoms. The fourth-order valence-corrected chi connectivity index (χ4v) is 13.8. The van der Waals surface area contributed by atoms with Crippen molar-refractivity contribution in [2.24, 2.45) is 17.8 Å². The van der Waals surface area contributed by atoms with Gasteiger partial charge < -0.3 is 4.57 Å². The van der Waals surface area contributed by atoms with E-state index in [2.05, 4.69) is 202 Å². The van der Waals surface area contributed by atoms with Gasteiger partial charge in [-0.05, 0) is 121 Å². The lowest BCUT2D eigenvalue weighted by molar-refractivity contribution is -0.00516. The largest absolute Gasteiger partial charge is 0.309 e. The molecule has 4 aromatic heterocycles. The predicted molar refractivity (Wildman–Crippen MR) is 274 cm³/mol. The van der Waals surface area contributed by atoms with Crippen LogP contribution in [0.25, 0.3) is 106 Å². The second-order valence-corrected chi connectivity index (χ2v) is 19.8. The van der Waals surface area contributed by atoms with Gasteiger partial charge in [0.15, 0.2) is 5.82 Å². The number of benzene rings is 8. The van der Waals surface area contributed by atoms with Crippen LogP contribution in [0.3, 0.4) is 0 Å². The van der Waals surface area contributed by atoms with Crippen LogP contribution in [-0.4, -0.2) is 28.7 Å². The van der Waals surface area contributed by atoms with Crippen molar-refractivity contribution >= 4 is 65.4 Å². The zero-order valence-electron chi connectivity index (χ0n) is 37.1. The van der Waals surface area contributed by atoms with Gasteiger partial charge in [0, 0.05) is 43.4 Å². The minimum absolute atomic E-state index is 0.186. The highest BCUT2D eigenvalue weighted by molar-refractivity contribution is 6.11. The average Bonchev–Trinajstić information content (AvgIpc) is 4.02. The van der Waals surface area contributed by atoms with Crippen LogP contribution in [0.15, 0.2) is 188 Å². The molecule has 0 N–H and O–H groups in total. The van der Waals surface area contributed by atoms with Gasteiger partial charge in [-0.1, -0.05) is 140 Å². The summed E-state index contributed by atoms with van der Waals surface area (Å²) in [5.74, 6) is 4.30. The quantitative estimate of drug-likeness (QED) is 0.167. The first-order valence-corrected chi connectivity index (χ1v) is 24.1. The highest BCUT2D eigenvalue weighted by Crippen LogP contribution is 2.61. The lowest BCUT2D eigenvalue weighted by atomic mass is 9.48. The third kappa shape index (κ3) is 5.47. The van der Waals surface area contributed by atoms with Gasteiger partial charge in [0.25, 0.3) is 0 Å². The molecule has 4 fully saturated rings. The molecule has 0 aliphatic heterocycles. The summed E-state index contributed by atoms with van der Waals surface area (Å²) in [5, 5.41) is 7.16. The molecule has 4 bridgehead atoms. The molecule has 4 saturated carbocycles. The van der Waals surface area contributed by atoms with Crippen molar-refractivity contribution in [1.82, 2.24) is 28.7 Å². The summed E-state index contributed by atoms with van der Waals surface area (Å²) in [6.45, 7) is 0. The third-order valence-corrected chi connectivity index (χ3v) is 16.1. The van der Waals surface area contributed by atoms with Crippen LogP contribution >= 0.6 is 0 Å². The van der Waals surface area contributed by atoms with Gasteiger partial charge >= 0.3 is 0 Å². The van der Waals surface area contributed by atoms with Crippen LogP contribution < -0.4 is 0 Å².